The standard InChI is InChI=1S/C14H19NO2S/c16-18(17)9-3-5-12(18)10-15-14-8-7-11-4-1-2-6-13(11)14/h1-2,4,6,12,14-15H,3,5,7-10H2. The highest BCUT2D eigenvalue weighted by Gasteiger charge is 2.32. The van der Waals surface area contributed by atoms with Crippen LogP contribution in [0.2, 0.25) is 0 Å². The van der Waals surface area contributed by atoms with E-state index in [1.54, 1.807) is 0 Å². The fourth-order valence-corrected chi connectivity index (χ4v) is 4.91. The molecule has 1 aromatic carbocycles. The highest BCUT2D eigenvalue weighted by molar-refractivity contribution is 7.92. The molecular formula is C14H19NO2S. The van der Waals surface area contributed by atoms with Crippen molar-refractivity contribution in [2.45, 2.75) is 37.0 Å². The Labute approximate surface area is 109 Å². The molecule has 2 aliphatic rings. The van der Waals surface area contributed by atoms with Crippen LogP contribution in [0.3, 0.4) is 0 Å². The van der Waals surface area contributed by atoms with Crippen LogP contribution in [-0.4, -0.2) is 26.0 Å². The minimum Gasteiger partial charge on any atom is -0.309 e. The molecule has 0 spiro atoms. The molecule has 1 aromatic rings. The molecule has 98 valence electrons. The minimum atomic E-state index is -2.82. The predicted molar refractivity (Wildman–Crippen MR) is 72.3 cm³/mol. The smallest absolute Gasteiger partial charge is 0.154 e. The van der Waals surface area contributed by atoms with E-state index in [9.17, 15) is 8.42 Å². The zero-order valence-electron chi connectivity index (χ0n) is 10.4. The minimum absolute atomic E-state index is 0.162. The monoisotopic (exact) mass is 265 g/mol. The van der Waals surface area contributed by atoms with E-state index in [-0.39, 0.29) is 5.25 Å². The molecule has 0 amide bonds. The molecule has 4 heteroatoms. The normalized spacial score (nSPS) is 29.3. The number of sulfone groups is 1. The summed E-state index contributed by atoms with van der Waals surface area (Å²) in [6.07, 6.45) is 3.84. The van der Waals surface area contributed by atoms with Gasteiger partial charge in [-0.2, -0.15) is 0 Å². The van der Waals surface area contributed by atoms with Gasteiger partial charge in [0.25, 0.3) is 0 Å². The first-order valence-corrected chi connectivity index (χ1v) is 8.41. The van der Waals surface area contributed by atoms with Crippen molar-refractivity contribution in [1.82, 2.24) is 5.32 Å². The average molecular weight is 265 g/mol. The van der Waals surface area contributed by atoms with Crippen LogP contribution >= 0.6 is 0 Å². The molecule has 18 heavy (non-hydrogen) atoms. The summed E-state index contributed by atoms with van der Waals surface area (Å²) >= 11 is 0. The Morgan fingerprint density at radius 1 is 1.22 bits per heavy atom. The summed E-state index contributed by atoms with van der Waals surface area (Å²) in [5.41, 5.74) is 2.76. The van der Waals surface area contributed by atoms with Crippen LogP contribution in [-0.2, 0) is 16.3 Å². The maximum absolute atomic E-state index is 11.8. The van der Waals surface area contributed by atoms with Crippen LogP contribution in [0.1, 0.15) is 36.4 Å². The van der Waals surface area contributed by atoms with Gasteiger partial charge in [-0.15, -0.1) is 0 Å². The van der Waals surface area contributed by atoms with E-state index >= 15 is 0 Å². The van der Waals surface area contributed by atoms with Gasteiger partial charge in [-0.3, -0.25) is 0 Å². The number of nitrogens with one attached hydrogen (secondary N) is 1. The van der Waals surface area contributed by atoms with E-state index in [0.717, 1.165) is 25.7 Å². The van der Waals surface area contributed by atoms with Crippen LogP contribution in [0.15, 0.2) is 24.3 Å². The third-order valence-electron chi connectivity index (χ3n) is 4.19. The highest BCUT2D eigenvalue weighted by Crippen LogP contribution is 2.31. The Morgan fingerprint density at radius 3 is 2.83 bits per heavy atom. The number of hydrogen-bond acceptors (Lipinski definition) is 3. The van der Waals surface area contributed by atoms with E-state index in [2.05, 4.69) is 29.6 Å². The molecule has 0 aromatic heterocycles. The van der Waals surface area contributed by atoms with Crippen LogP contribution in [0, 0.1) is 0 Å². The fourth-order valence-electron chi connectivity index (χ4n) is 3.13. The Hall–Kier alpha value is -0.870. The highest BCUT2D eigenvalue weighted by atomic mass is 32.2. The average Bonchev–Trinajstić information content (AvgIpc) is 2.90. The SMILES string of the molecule is O=S1(=O)CCCC1CNC1CCc2ccccc21. The van der Waals surface area contributed by atoms with Crippen molar-refractivity contribution in [3.8, 4) is 0 Å². The van der Waals surface area contributed by atoms with Gasteiger partial charge in [-0.1, -0.05) is 24.3 Å². The predicted octanol–water partition coefficient (Wildman–Crippen LogP) is 1.84. The first kappa shape index (κ1) is 12.2. The number of hydrogen-bond donors (Lipinski definition) is 1. The van der Waals surface area contributed by atoms with E-state index in [1.807, 2.05) is 0 Å². The van der Waals surface area contributed by atoms with Crippen molar-refractivity contribution < 1.29 is 8.42 Å². The molecule has 3 rings (SSSR count). The quantitative estimate of drug-likeness (QED) is 0.907. The van der Waals surface area contributed by atoms with Crippen LogP contribution in [0.4, 0.5) is 0 Å². The summed E-state index contributed by atoms with van der Waals surface area (Å²) in [6.45, 7) is 0.612. The number of benzene rings is 1. The van der Waals surface area contributed by atoms with Gasteiger partial charge in [-0.05, 0) is 36.8 Å². The van der Waals surface area contributed by atoms with Gasteiger partial charge in [0, 0.05) is 12.6 Å². The van der Waals surface area contributed by atoms with Crippen LogP contribution < -0.4 is 5.32 Å². The van der Waals surface area contributed by atoms with E-state index in [0.29, 0.717) is 18.3 Å². The van der Waals surface area contributed by atoms with Gasteiger partial charge >= 0.3 is 0 Å². The largest absolute Gasteiger partial charge is 0.309 e. The molecule has 0 saturated carbocycles. The number of aryl methyl sites for hydroxylation is 1. The topological polar surface area (TPSA) is 46.2 Å². The van der Waals surface area contributed by atoms with Crippen LogP contribution in [0.5, 0.6) is 0 Å². The molecule has 1 aliphatic carbocycles. The Bertz CT molecular complexity index is 538. The summed E-state index contributed by atoms with van der Waals surface area (Å²) in [5, 5.41) is 3.29. The van der Waals surface area contributed by atoms with E-state index < -0.39 is 9.84 Å². The lowest BCUT2D eigenvalue weighted by Gasteiger charge is -2.17. The maximum atomic E-state index is 11.8. The molecule has 2 atom stereocenters. The van der Waals surface area contributed by atoms with Crippen molar-refractivity contribution in [3.05, 3.63) is 35.4 Å². The van der Waals surface area contributed by atoms with Crippen molar-refractivity contribution in [2.75, 3.05) is 12.3 Å². The van der Waals surface area contributed by atoms with Crippen molar-refractivity contribution >= 4 is 9.84 Å². The summed E-state index contributed by atoms with van der Waals surface area (Å²) in [6, 6.07) is 8.80. The summed E-state index contributed by atoms with van der Waals surface area (Å²) < 4.78 is 23.5. The van der Waals surface area contributed by atoms with Gasteiger partial charge in [0.05, 0.1) is 11.0 Å². The van der Waals surface area contributed by atoms with Gasteiger partial charge < -0.3 is 5.32 Å². The molecule has 1 N–H and O–H groups in total. The number of fused-ring (bicyclic) bond motifs is 1. The molecule has 1 aliphatic heterocycles. The first-order chi connectivity index (χ1) is 8.67. The van der Waals surface area contributed by atoms with Gasteiger partial charge in [0.1, 0.15) is 0 Å². The molecule has 0 bridgehead atoms. The molecule has 1 saturated heterocycles. The van der Waals surface area contributed by atoms with E-state index in [1.165, 1.54) is 11.1 Å². The fraction of sp³-hybridized carbons (Fsp3) is 0.571. The second kappa shape index (κ2) is 4.67. The van der Waals surface area contributed by atoms with Crippen molar-refractivity contribution in [1.29, 1.82) is 0 Å². The zero-order chi connectivity index (χ0) is 12.6. The molecule has 0 radical (unpaired) electrons. The molecule has 1 heterocycles. The second-order valence-corrected chi connectivity index (χ2v) is 7.73. The Balaban J connectivity index is 1.66. The van der Waals surface area contributed by atoms with Gasteiger partial charge in [0.15, 0.2) is 9.84 Å². The second-order valence-electron chi connectivity index (χ2n) is 5.33. The first-order valence-electron chi connectivity index (χ1n) is 6.69. The maximum Gasteiger partial charge on any atom is 0.154 e. The molecule has 2 unspecified atom stereocenters. The summed E-state index contributed by atoms with van der Waals surface area (Å²) in [5.74, 6) is 0.376. The molecule has 3 nitrogen and oxygen atoms in total. The molecular weight excluding hydrogens is 246 g/mol. The van der Waals surface area contributed by atoms with Crippen LogP contribution in [0.25, 0.3) is 0 Å². The Morgan fingerprint density at radius 2 is 2.06 bits per heavy atom. The summed E-state index contributed by atoms with van der Waals surface area (Å²) in [7, 11) is -2.82. The van der Waals surface area contributed by atoms with Gasteiger partial charge in [0.2, 0.25) is 0 Å². The number of rotatable bonds is 3. The molecule has 1 fully saturated rings. The van der Waals surface area contributed by atoms with E-state index in [4.69, 9.17) is 0 Å². The van der Waals surface area contributed by atoms with Crippen molar-refractivity contribution in [2.24, 2.45) is 0 Å². The lowest BCUT2D eigenvalue weighted by molar-refractivity contribution is 0.510. The summed E-state index contributed by atoms with van der Waals surface area (Å²) in [4.78, 5) is 0. The lowest BCUT2D eigenvalue weighted by atomic mass is 10.1. The zero-order valence-corrected chi connectivity index (χ0v) is 11.2. The lowest BCUT2D eigenvalue weighted by Crippen LogP contribution is -2.32. The third-order valence-corrected chi connectivity index (χ3v) is 6.46. The van der Waals surface area contributed by atoms with Gasteiger partial charge in [-0.25, -0.2) is 8.42 Å². The van der Waals surface area contributed by atoms with Crippen molar-refractivity contribution in [3.63, 3.8) is 0 Å². The third kappa shape index (κ3) is 2.19. The Kier molecular flexibility index (Phi) is 3.16.